The first kappa shape index (κ1) is 14.5. The Bertz CT molecular complexity index is 847. The third-order valence-electron chi connectivity index (χ3n) is 2.98. The lowest BCUT2D eigenvalue weighted by Crippen LogP contribution is -2.11. The molecule has 0 fully saturated rings. The first-order valence-electron chi connectivity index (χ1n) is 6.30. The first-order valence-corrected chi connectivity index (χ1v) is 7.28. The van der Waals surface area contributed by atoms with E-state index in [1.807, 2.05) is 0 Å². The van der Waals surface area contributed by atoms with E-state index < -0.39 is 11.7 Å². The van der Waals surface area contributed by atoms with Gasteiger partial charge in [0.2, 0.25) is 0 Å². The molecule has 0 saturated heterocycles. The molecule has 2 N–H and O–H groups in total. The van der Waals surface area contributed by atoms with E-state index in [0.29, 0.717) is 5.75 Å². The maximum atomic E-state index is 13.4. The van der Waals surface area contributed by atoms with Crippen molar-refractivity contribution in [2.75, 3.05) is 0 Å². The summed E-state index contributed by atoms with van der Waals surface area (Å²) in [4.78, 5) is 15.4. The van der Waals surface area contributed by atoms with Crippen LogP contribution in [-0.4, -0.2) is 10.9 Å². The van der Waals surface area contributed by atoms with Crippen LogP contribution < -0.4 is 5.73 Å². The summed E-state index contributed by atoms with van der Waals surface area (Å²) in [7, 11) is 0. The number of nitrogens with zero attached hydrogens (tertiary/aromatic N) is 1. The minimum absolute atomic E-state index is 0.0452. The minimum atomic E-state index is -0.782. The predicted molar refractivity (Wildman–Crippen MR) is 78.4 cm³/mol. The SMILES string of the molecule is NC(=O)c1cc(F)cc2nc(SCc3ccc(F)cc3)oc12. The second-order valence-corrected chi connectivity index (χ2v) is 5.49. The predicted octanol–water partition coefficient (Wildman–Crippen LogP) is 3.50. The Morgan fingerprint density at radius 1 is 1.18 bits per heavy atom. The van der Waals surface area contributed by atoms with Crippen LogP contribution in [0.25, 0.3) is 11.1 Å². The smallest absolute Gasteiger partial charge is 0.257 e. The second kappa shape index (κ2) is 5.76. The third kappa shape index (κ3) is 2.94. The van der Waals surface area contributed by atoms with Gasteiger partial charge in [-0.3, -0.25) is 4.79 Å². The molecule has 4 nitrogen and oxygen atoms in total. The molecule has 0 spiro atoms. The molecule has 0 radical (unpaired) electrons. The van der Waals surface area contributed by atoms with Crippen LogP contribution in [0, 0.1) is 11.6 Å². The van der Waals surface area contributed by atoms with E-state index in [-0.39, 0.29) is 27.7 Å². The van der Waals surface area contributed by atoms with Gasteiger partial charge in [0.1, 0.15) is 17.2 Å². The van der Waals surface area contributed by atoms with Crippen molar-refractivity contribution >= 4 is 28.8 Å². The van der Waals surface area contributed by atoms with Gasteiger partial charge in [0.05, 0.1) is 5.56 Å². The summed E-state index contributed by atoms with van der Waals surface area (Å²) < 4.78 is 31.7. The van der Waals surface area contributed by atoms with Crippen LogP contribution in [0.4, 0.5) is 8.78 Å². The summed E-state index contributed by atoms with van der Waals surface area (Å²) in [6, 6.07) is 8.22. The number of aromatic nitrogens is 1. The van der Waals surface area contributed by atoms with Crippen molar-refractivity contribution in [3.8, 4) is 0 Å². The van der Waals surface area contributed by atoms with Gasteiger partial charge < -0.3 is 10.2 Å². The molecular formula is C15H10F2N2O2S. The maximum absolute atomic E-state index is 13.4. The topological polar surface area (TPSA) is 69.1 Å². The van der Waals surface area contributed by atoms with Gasteiger partial charge in [-0.2, -0.15) is 0 Å². The van der Waals surface area contributed by atoms with Gasteiger partial charge in [0, 0.05) is 11.8 Å². The lowest BCUT2D eigenvalue weighted by Gasteiger charge is -1.98. The summed E-state index contributed by atoms with van der Waals surface area (Å²) in [6.07, 6.45) is 0. The standard InChI is InChI=1S/C15H10F2N2O2S/c16-9-3-1-8(2-4-9)7-22-15-19-12-6-10(17)5-11(14(18)20)13(12)21-15/h1-6H,7H2,(H2,18,20). The summed E-state index contributed by atoms with van der Waals surface area (Å²) in [5.41, 5.74) is 6.43. The van der Waals surface area contributed by atoms with Crippen LogP contribution in [0.15, 0.2) is 46.0 Å². The van der Waals surface area contributed by atoms with Crippen LogP contribution in [0.5, 0.6) is 0 Å². The number of carbonyl (C=O) groups excluding carboxylic acids is 1. The summed E-state index contributed by atoms with van der Waals surface area (Å²) in [5.74, 6) is -1.20. The molecular weight excluding hydrogens is 310 g/mol. The number of hydrogen-bond donors (Lipinski definition) is 1. The number of thioether (sulfide) groups is 1. The Labute approximate surface area is 128 Å². The van der Waals surface area contributed by atoms with Crippen LogP contribution in [0.2, 0.25) is 0 Å². The zero-order chi connectivity index (χ0) is 15.7. The van der Waals surface area contributed by atoms with Crippen molar-refractivity contribution in [3.63, 3.8) is 0 Å². The van der Waals surface area contributed by atoms with Crippen molar-refractivity contribution in [1.82, 2.24) is 4.98 Å². The number of fused-ring (bicyclic) bond motifs is 1. The average Bonchev–Trinajstić information content (AvgIpc) is 2.88. The largest absolute Gasteiger partial charge is 0.430 e. The minimum Gasteiger partial charge on any atom is -0.430 e. The fourth-order valence-corrected chi connectivity index (χ4v) is 2.74. The molecule has 22 heavy (non-hydrogen) atoms. The van der Waals surface area contributed by atoms with E-state index in [4.69, 9.17) is 10.2 Å². The molecule has 7 heteroatoms. The number of amides is 1. The molecule has 1 heterocycles. The third-order valence-corrected chi connectivity index (χ3v) is 3.88. The molecule has 1 aromatic heterocycles. The normalized spacial score (nSPS) is 11.0. The van der Waals surface area contributed by atoms with Gasteiger partial charge in [-0.05, 0) is 23.8 Å². The molecule has 0 aliphatic rings. The second-order valence-electron chi connectivity index (χ2n) is 4.56. The Balaban J connectivity index is 1.87. The van der Waals surface area contributed by atoms with Crippen LogP contribution in [0.3, 0.4) is 0 Å². The number of primary amides is 1. The Morgan fingerprint density at radius 2 is 1.91 bits per heavy atom. The molecule has 0 aliphatic heterocycles. The van der Waals surface area contributed by atoms with Gasteiger partial charge in [-0.1, -0.05) is 23.9 Å². The van der Waals surface area contributed by atoms with Gasteiger partial charge in [0.15, 0.2) is 5.58 Å². The quantitative estimate of drug-likeness (QED) is 0.747. The Kier molecular flexibility index (Phi) is 3.81. The van der Waals surface area contributed by atoms with Crippen LogP contribution >= 0.6 is 11.8 Å². The summed E-state index contributed by atoms with van der Waals surface area (Å²) in [6.45, 7) is 0. The molecule has 0 unspecified atom stereocenters. The molecule has 0 atom stereocenters. The zero-order valence-electron chi connectivity index (χ0n) is 11.2. The van der Waals surface area contributed by atoms with E-state index in [9.17, 15) is 13.6 Å². The lowest BCUT2D eigenvalue weighted by atomic mass is 10.2. The number of rotatable bonds is 4. The highest BCUT2D eigenvalue weighted by molar-refractivity contribution is 7.98. The van der Waals surface area contributed by atoms with Crippen molar-refractivity contribution in [2.45, 2.75) is 11.0 Å². The molecule has 2 aromatic carbocycles. The number of hydrogen-bond acceptors (Lipinski definition) is 4. The van der Waals surface area contributed by atoms with Crippen molar-refractivity contribution in [3.05, 3.63) is 59.2 Å². The number of oxazole rings is 1. The molecule has 0 aliphatic carbocycles. The zero-order valence-corrected chi connectivity index (χ0v) is 12.0. The molecule has 0 bridgehead atoms. The monoisotopic (exact) mass is 320 g/mol. The van der Waals surface area contributed by atoms with Gasteiger partial charge >= 0.3 is 0 Å². The van der Waals surface area contributed by atoms with Gasteiger partial charge in [-0.25, -0.2) is 13.8 Å². The fourth-order valence-electron chi connectivity index (χ4n) is 1.95. The highest BCUT2D eigenvalue weighted by Gasteiger charge is 2.16. The van der Waals surface area contributed by atoms with Crippen LogP contribution in [0.1, 0.15) is 15.9 Å². The van der Waals surface area contributed by atoms with E-state index in [0.717, 1.165) is 11.6 Å². The average molecular weight is 320 g/mol. The number of halogens is 2. The number of nitrogens with two attached hydrogens (primary N) is 1. The lowest BCUT2D eigenvalue weighted by molar-refractivity contribution is 0.100. The first-order chi connectivity index (χ1) is 10.5. The highest BCUT2D eigenvalue weighted by Crippen LogP contribution is 2.28. The molecule has 0 saturated carbocycles. The van der Waals surface area contributed by atoms with Crippen molar-refractivity contribution < 1.29 is 18.0 Å². The summed E-state index contributed by atoms with van der Waals surface area (Å²) >= 11 is 1.26. The fraction of sp³-hybridized carbons (Fsp3) is 0.0667. The molecule has 3 rings (SSSR count). The van der Waals surface area contributed by atoms with Gasteiger partial charge in [-0.15, -0.1) is 0 Å². The van der Waals surface area contributed by atoms with E-state index in [1.165, 1.54) is 30.0 Å². The highest BCUT2D eigenvalue weighted by atomic mass is 32.2. The van der Waals surface area contributed by atoms with Crippen LogP contribution in [-0.2, 0) is 5.75 Å². The van der Waals surface area contributed by atoms with E-state index in [1.54, 1.807) is 12.1 Å². The van der Waals surface area contributed by atoms with Crippen molar-refractivity contribution in [1.29, 1.82) is 0 Å². The summed E-state index contributed by atoms with van der Waals surface area (Å²) in [5, 5.41) is 0.285. The molecule has 3 aromatic rings. The molecule has 112 valence electrons. The van der Waals surface area contributed by atoms with E-state index in [2.05, 4.69) is 4.98 Å². The van der Waals surface area contributed by atoms with E-state index >= 15 is 0 Å². The molecule has 1 amide bonds. The Hall–Kier alpha value is -2.41. The van der Waals surface area contributed by atoms with Crippen molar-refractivity contribution in [2.24, 2.45) is 5.73 Å². The Morgan fingerprint density at radius 3 is 2.59 bits per heavy atom. The van der Waals surface area contributed by atoms with Gasteiger partial charge in [0.25, 0.3) is 11.1 Å². The maximum Gasteiger partial charge on any atom is 0.257 e. The number of benzene rings is 2. The number of carbonyl (C=O) groups is 1.